The van der Waals surface area contributed by atoms with Crippen LogP contribution in [0, 0.1) is 0 Å². The fourth-order valence-electron chi connectivity index (χ4n) is 1.99. The highest BCUT2D eigenvalue weighted by molar-refractivity contribution is 7.86. The highest BCUT2D eigenvalue weighted by Crippen LogP contribution is 2.11. The molecule has 1 aromatic heterocycles. The van der Waals surface area contributed by atoms with Crippen LogP contribution < -0.4 is 8.75 Å². The van der Waals surface area contributed by atoms with Crippen molar-refractivity contribution < 1.29 is 17.2 Å². The molecule has 0 radical (unpaired) electrons. The topological polar surface area (TPSA) is 52.2 Å². The van der Waals surface area contributed by atoms with E-state index < -0.39 is 10.1 Å². The van der Waals surface area contributed by atoms with E-state index in [0.29, 0.717) is 6.01 Å². The maximum Gasteiger partial charge on any atom is 0.471 e. The molecule has 0 fully saturated rings. The molecule has 0 unspecified atom stereocenters. The Bertz CT molecular complexity index is 480. The zero-order chi connectivity index (χ0) is 14.3. The van der Waals surface area contributed by atoms with Crippen molar-refractivity contribution in [1.82, 2.24) is 4.57 Å². The Labute approximate surface area is 116 Å². The molecule has 1 heterocycles. The monoisotopic (exact) mass is 289 g/mol. The number of hydrogen-bond acceptors (Lipinski definition) is 3. The molecule has 19 heavy (non-hydrogen) atoms. The molecule has 0 N–H and O–H groups in total. The van der Waals surface area contributed by atoms with E-state index in [4.69, 9.17) is 4.18 Å². The number of aryl methyl sites for hydroxylation is 2. The molecule has 0 amide bonds. The molecule has 0 spiro atoms. The Morgan fingerprint density at radius 1 is 1.21 bits per heavy atom. The van der Waals surface area contributed by atoms with Crippen molar-refractivity contribution >= 4 is 10.1 Å². The summed E-state index contributed by atoms with van der Waals surface area (Å²) in [6.45, 7) is 2.99. The first kappa shape index (κ1) is 16.0. The van der Waals surface area contributed by atoms with Gasteiger partial charge < -0.3 is 4.18 Å². The molecule has 0 aliphatic rings. The second kappa shape index (κ2) is 7.53. The van der Waals surface area contributed by atoms with E-state index in [0.717, 1.165) is 19.2 Å². The second-order valence-electron chi connectivity index (χ2n) is 4.94. The molecule has 0 saturated heterocycles. The zero-order valence-electron chi connectivity index (χ0n) is 12.1. The lowest BCUT2D eigenvalue weighted by atomic mass is 10.1. The predicted octanol–water partition coefficient (Wildman–Crippen LogP) is 2.01. The van der Waals surface area contributed by atoms with Gasteiger partial charge in [-0.2, -0.15) is 17.6 Å². The SMILES string of the molecule is CCCCCCCCn1cc[n+](C)c1OS(C)(=O)=O. The molecule has 0 aromatic carbocycles. The van der Waals surface area contributed by atoms with Gasteiger partial charge in [0.2, 0.25) is 0 Å². The Hall–Kier alpha value is -1.04. The van der Waals surface area contributed by atoms with Gasteiger partial charge >= 0.3 is 16.1 Å². The summed E-state index contributed by atoms with van der Waals surface area (Å²) in [6, 6.07) is 0.371. The lowest BCUT2D eigenvalue weighted by molar-refractivity contribution is -0.674. The molecular formula is C13H25N2O3S+. The van der Waals surface area contributed by atoms with Crippen LogP contribution in [0.2, 0.25) is 0 Å². The minimum Gasteiger partial charge on any atom is -0.308 e. The maximum atomic E-state index is 11.2. The quantitative estimate of drug-likeness (QED) is 0.397. The van der Waals surface area contributed by atoms with Crippen LogP contribution in [-0.4, -0.2) is 19.2 Å². The first-order chi connectivity index (χ1) is 8.94. The van der Waals surface area contributed by atoms with Crippen molar-refractivity contribution in [1.29, 1.82) is 0 Å². The molecule has 6 heteroatoms. The number of rotatable bonds is 9. The van der Waals surface area contributed by atoms with Crippen molar-refractivity contribution in [3.63, 3.8) is 0 Å². The third-order valence-corrected chi connectivity index (χ3v) is 3.45. The lowest BCUT2D eigenvalue weighted by Gasteiger charge is -2.03. The van der Waals surface area contributed by atoms with Gasteiger partial charge in [0.05, 0.1) is 19.8 Å². The van der Waals surface area contributed by atoms with Gasteiger partial charge in [-0.15, -0.1) is 0 Å². The van der Waals surface area contributed by atoms with Crippen LogP contribution in [0.4, 0.5) is 0 Å². The van der Waals surface area contributed by atoms with E-state index >= 15 is 0 Å². The average Bonchev–Trinajstić information content (AvgIpc) is 2.64. The summed E-state index contributed by atoms with van der Waals surface area (Å²) in [7, 11) is -1.70. The number of nitrogens with zero attached hydrogens (tertiary/aromatic N) is 2. The molecular weight excluding hydrogens is 264 g/mol. The van der Waals surface area contributed by atoms with E-state index in [2.05, 4.69) is 6.92 Å². The third kappa shape index (κ3) is 6.09. The number of unbranched alkanes of at least 4 members (excludes halogenated alkanes) is 5. The summed E-state index contributed by atoms with van der Waals surface area (Å²) in [5.41, 5.74) is 0. The molecule has 1 rings (SSSR count). The van der Waals surface area contributed by atoms with E-state index in [9.17, 15) is 8.42 Å². The number of hydrogen-bond donors (Lipinski definition) is 0. The summed E-state index contributed by atoms with van der Waals surface area (Å²) in [4.78, 5) is 0. The van der Waals surface area contributed by atoms with Gasteiger partial charge in [-0.05, 0) is 12.8 Å². The minimum atomic E-state index is -3.48. The molecule has 0 saturated carbocycles. The fourth-order valence-corrected chi connectivity index (χ4v) is 2.47. The van der Waals surface area contributed by atoms with Crippen LogP contribution in [-0.2, 0) is 23.7 Å². The van der Waals surface area contributed by atoms with Gasteiger partial charge in [-0.1, -0.05) is 32.6 Å². The Morgan fingerprint density at radius 2 is 1.84 bits per heavy atom. The molecule has 0 aliphatic heterocycles. The van der Waals surface area contributed by atoms with E-state index in [1.807, 2.05) is 10.8 Å². The van der Waals surface area contributed by atoms with Crippen LogP contribution in [0.25, 0.3) is 0 Å². The van der Waals surface area contributed by atoms with Crippen LogP contribution in [0.15, 0.2) is 12.4 Å². The van der Waals surface area contributed by atoms with Crippen LogP contribution >= 0.6 is 0 Å². The van der Waals surface area contributed by atoms with Crippen molar-refractivity contribution in [3.05, 3.63) is 12.4 Å². The van der Waals surface area contributed by atoms with Gasteiger partial charge in [0.15, 0.2) is 0 Å². The van der Waals surface area contributed by atoms with Gasteiger partial charge in [-0.25, -0.2) is 0 Å². The zero-order valence-corrected chi connectivity index (χ0v) is 12.9. The third-order valence-electron chi connectivity index (χ3n) is 3.00. The van der Waals surface area contributed by atoms with Gasteiger partial charge in [0.1, 0.15) is 12.4 Å². The van der Waals surface area contributed by atoms with Gasteiger partial charge in [0.25, 0.3) is 0 Å². The second-order valence-corrected chi connectivity index (χ2v) is 6.52. The van der Waals surface area contributed by atoms with E-state index in [-0.39, 0.29) is 0 Å². The lowest BCUT2D eigenvalue weighted by Crippen LogP contribution is -2.30. The van der Waals surface area contributed by atoms with Crippen molar-refractivity contribution in [2.75, 3.05) is 6.26 Å². The largest absolute Gasteiger partial charge is 0.471 e. The van der Waals surface area contributed by atoms with Crippen molar-refractivity contribution in [2.24, 2.45) is 7.05 Å². The first-order valence-electron chi connectivity index (χ1n) is 6.88. The molecule has 0 aliphatic carbocycles. The summed E-state index contributed by atoms with van der Waals surface area (Å²) in [5.74, 6) is 0. The first-order valence-corrected chi connectivity index (χ1v) is 8.70. The van der Waals surface area contributed by atoms with E-state index in [1.54, 1.807) is 17.8 Å². The average molecular weight is 289 g/mol. The van der Waals surface area contributed by atoms with Crippen molar-refractivity contribution in [3.8, 4) is 6.01 Å². The maximum absolute atomic E-state index is 11.2. The highest BCUT2D eigenvalue weighted by atomic mass is 32.2. The summed E-state index contributed by atoms with van der Waals surface area (Å²) < 4.78 is 30.9. The number of aromatic nitrogens is 2. The standard InChI is InChI=1S/C13H25N2O3S/c1-4-5-6-7-8-9-10-15-12-11-14(2)13(15)18-19(3,16)17/h11-12H,4-10H2,1-3H3/q+1. The molecule has 5 nitrogen and oxygen atoms in total. The minimum absolute atomic E-state index is 0.371. The van der Waals surface area contributed by atoms with E-state index in [1.165, 1.54) is 32.1 Å². The van der Waals surface area contributed by atoms with Crippen molar-refractivity contribution in [2.45, 2.75) is 52.0 Å². The van der Waals surface area contributed by atoms with Gasteiger partial charge in [0, 0.05) is 0 Å². The Balaban J connectivity index is 2.46. The van der Waals surface area contributed by atoms with Crippen LogP contribution in [0.5, 0.6) is 6.01 Å². The van der Waals surface area contributed by atoms with Crippen LogP contribution in [0.3, 0.4) is 0 Å². The fraction of sp³-hybridized carbons (Fsp3) is 0.769. The molecule has 0 atom stereocenters. The highest BCUT2D eigenvalue weighted by Gasteiger charge is 2.20. The summed E-state index contributed by atoms with van der Waals surface area (Å²) in [5, 5.41) is 0. The summed E-state index contributed by atoms with van der Waals surface area (Å²) in [6.07, 6.45) is 12.0. The van der Waals surface area contributed by atoms with Crippen LogP contribution in [0.1, 0.15) is 45.4 Å². The molecule has 0 bridgehead atoms. The smallest absolute Gasteiger partial charge is 0.308 e. The molecule has 110 valence electrons. The van der Waals surface area contributed by atoms with Gasteiger partial charge in [-0.3, -0.25) is 0 Å². The normalized spacial score (nSPS) is 11.7. The Kier molecular flexibility index (Phi) is 6.34. The summed E-state index contributed by atoms with van der Waals surface area (Å²) >= 11 is 0. The predicted molar refractivity (Wildman–Crippen MR) is 74.5 cm³/mol. The molecule has 1 aromatic rings. The Morgan fingerprint density at radius 3 is 2.47 bits per heavy atom. The number of imidazole rings is 1.